The third-order valence-corrected chi connectivity index (χ3v) is 3.12. The van der Waals surface area contributed by atoms with Crippen LogP contribution in [-0.2, 0) is 0 Å². The second kappa shape index (κ2) is 5.27. The lowest BCUT2D eigenvalue weighted by atomic mass is 10.2. The molecule has 1 aromatic rings. The average Bonchev–Trinajstić information content (AvgIpc) is 2.16. The second-order valence-electron chi connectivity index (χ2n) is 2.97. The van der Waals surface area contributed by atoms with Gasteiger partial charge in [0.2, 0.25) is 0 Å². The Morgan fingerprint density at radius 1 is 1.46 bits per heavy atom. The zero-order chi connectivity index (χ0) is 9.68. The summed E-state index contributed by atoms with van der Waals surface area (Å²) in [6.07, 6.45) is -0.399. The van der Waals surface area contributed by atoms with E-state index in [1.54, 1.807) is 11.8 Å². The Kier molecular flexibility index (Phi) is 4.28. The summed E-state index contributed by atoms with van der Waals surface area (Å²) in [6.45, 7) is 2.40. The summed E-state index contributed by atoms with van der Waals surface area (Å²) in [5.41, 5.74) is 6.56. The van der Waals surface area contributed by atoms with Crippen molar-refractivity contribution in [1.82, 2.24) is 0 Å². The Morgan fingerprint density at radius 2 is 2.15 bits per heavy atom. The first-order valence-electron chi connectivity index (χ1n) is 4.30. The van der Waals surface area contributed by atoms with E-state index in [0.29, 0.717) is 12.3 Å². The Labute approximate surface area is 83.1 Å². The highest BCUT2D eigenvalue weighted by molar-refractivity contribution is 7.99. The molecule has 13 heavy (non-hydrogen) atoms. The van der Waals surface area contributed by atoms with Gasteiger partial charge in [-0.2, -0.15) is 0 Å². The van der Waals surface area contributed by atoms with Crippen molar-refractivity contribution in [3.05, 3.63) is 29.8 Å². The minimum Gasteiger partial charge on any atom is -0.391 e. The summed E-state index contributed by atoms with van der Waals surface area (Å²) in [5.74, 6) is 0.668. The van der Waals surface area contributed by atoms with Crippen molar-refractivity contribution in [2.75, 3.05) is 12.3 Å². The molecule has 0 heterocycles. The molecule has 0 bridgehead atoms. The molecule has 0 fully saturated rings. The lowest BCUT2D eigenvalue weighted by Gasteiger charge is -2.08. The number of nitrogens with two attached hydrogens (primary N) is 1. The first-order chi connectivity index (χ1) is 6.24. The van der Waals surface area contributed by atoms with Gasteiger partial charge >= 0.3 is 0 Å². The quantitative estimate of drug-likeness (QED) is 0.717. The molecule has 0 aliphatic heterocycles. The van der Waals surface area contributed by atoms with E-state index in [9.17, 15) is 5.11 Å². The van der Waals surface area contributed by atoms with Gasteiger partial charge in [0.25, 0.3) is 0 Å². The third kappa shape index (κ3) is 3.38. The van der Waals surface area contributed by atoms with Crippen LogP contribution in [0.2, 0.25) is 0 Å². The zero-order valence-corrected chi connectivity index (χ0v) is 8.55. The van der Waals surface area contributed by atoms with Crippen LogP contribution in [0.25, 0.3) is 0 Å². The summed E-state index contributed by atoms with van der Waals surface area (Å²) >= 11 is 1.65. The van der Waals surface area contributed by atoms with Crippen LogP contribution >= 0.6 is 11.8 Å². The molecule has 0 saturated carbocycles. The fraction of sp³-hybridized carbons (Fsp3) is 0.400. The maximum absolute atomic E-state index is 9.26. The van der Waals surface area contributed by atoms with E-state index in [4.69, 9.17) is 5.73 Å². The molecule has 0 radical (unpaired) electrons. The standard InChI is InChI=1S/C10H15NOS/c1-8-4-2-3-5-10(8)13-7-9(12)6-11/h2-5,9,12H,6-7,11H2,1H3. The highest BCUT2D eigenvalue weighted by Gasteiger charge is 2.03. The van der Waals surface area contributed by atoms with Crippen LogP contribution in [0.3, 0.4) is 0 Å². The number of aryl methyl sites for hydroxylation is 1. The van der Waals surface area contributed by atoms with Crippen molar-refractivity contribution < 1.29 is 5.11 Å². The maximum Gasteiger partial charge on any atom is 0.0756 e. The molecular formula is C10H15NOS. The van der Waals surface area contributed by atoms with E-state index in [1.165, 1.54) is 10.5 Å². The average molecular weight is 197 g/mol. The molecule has 1 atom stereocenters. The maximum atomic E-state index is 9.26. The molecule has 0 spiro atoms. The van der Waals surface area contributed by atoms with Crippen molar-refractivity contribution in [3.8, 4) is 0 Å². The van der Waals surface area contributed by atoms with Gasteiger partial charge < -0.3 is 10.8 Å². The summed E-state index contributed by atoms with van der Waals surface area (Å²) < 4.78 is 0. The van der Waals surface area contributed by atoms with E-state index < -0.39 is 6.10 Å². The summed E-state index contributed by atoms with van der Waals surface area (Å²) in [5, 5.41) is 9.26. The van der Waals surface area contributed by atoms with Gasteiger partial charge in [0.1, 0.15) is 0 Å². The smallest absolute Gasteiger partial charge is 0.0756 e. The van der Waals surface area contributed by atoms with Gasteiger partial charge in [-0.15, -0.1) is 11.8 Å². The Hall–Kier alpha value is -0.510. The molecule has 1 rings (SSSR count). The van der Waals surface area contributed by atoms with Crippen molar-refractivity contribution in [1.29, 1.82) is 0 Å². The molecule has 0 amide bonds. The van der Waals surface area contributed by atoms with Crippen molar-refractivity contribution >= 4 is 11.8 Å². The molecule has 0 aliphatic carbocycles. The molecule has 1 unspecified atom stereocenters. The largest absolute Gasteiger partial charge is 0.391 e. The predicted molar refractivity (Wildman–Crippen MR) is 57.0 cm³/mol. The number of hydrogen-bond donors (Lipinski definition) is 2. The lowest BCUT2D eigenvalue weighted by molar-refractivity contribution is 0.208. The molecule has 3 N–H and O–H groups in total. The minimum atomic E-state index is -0.399. The number of hydrogen-bond acceptors (Lipinski definition) is 3. The van der Waals surface area contributed by atoms with Gasteiger partial charge in [0.15, 0.2) is 0 Å². The molecule has 0 aliphatic rings. The van der Waals surface area contributed by atoms with E-state index in [2.05, 4.69) is 19.1 Å². The number of benzene rings is 1. The summed E-state index contributed by atoms with van der Waals surface area (Å²) in [6, 6.07) is 8.14. The lowest BCUT2D eigenvalue weighted by Crippen LogP contribution is -2.21. The third-order valence-electron chi connectivity index (χ3n) is 1.80. The van der Waals surface area contributed by atoms with E-state index >= 15 is 0 Å². The Morgan fingerprint density at radius 3 is 2.77 bits per heavy atom. The molecule has 2 nitrogen and oxygen atoms in total. The summed E-state index contributed by atoms with van der Waals surface area (Å²) in [4.78, 5) is 1.22. The summed E-state index contributed by atoms with van der Waals surface area (Å²) in [7, 11) is 0. The van der Waals surface area contributed by atoms with E-state index in [-0.39, 0.29) is 0 Å². The molecule has 3 heteroatoms. The fourth-order valence-electron chi connectivity index (χ4n) is 0.972. The highest BCUT2D eigenvalue weighted by atomic mass is 32.2. The van der Waals surface area contributed by atoms with Gasteiger partial charge in [0.05, 0.1) is 6.10 Å². The van der Waals surface area contributed by atoms with Crippen LogP contribution in [0.5, 0.6) is 0 Å². The number of thioether (sulfide) groups is 1. The second-order valence-corrected chi connectivity index (χ2v) is 4.03. The van der Waals surface area contributed by atoms with E-state index in [1.807, 2.05) is 12.1 Å². The number of aliphatic hydroxyl groups is 1. The number of rotatable bonds is 4. The van der Waals surface area contributed by atoms with Crippen LogP contribution in [0.15, 0.2) is 29.2 Å². The van der Waals surface area contributed by atoms with Crippen LogP contribution in [-0.4, -0.2) is 23.5 Å². The zero-order valence-electron chi connectivity index (χ0n) is 7.73. The first kappa shape index (κ1) is 10.6. The topological polar surface area (TPSA) is 46.2 Å². The van der Waals surface area contributed by atoms with Gasteiger partial charge in [-0.3, -0.25) is 0 Å². The molecule has 72 valence electrons. The molecule has 0 saturated heterocycles. The van der Waals surface area contributed by atoms with Crippen molar-refractivity contribution in [2.45, 2.75) is 17.9 Å². The molecule has 0 aromatic heterocycles. The monoisotopic (exact) mass is 197 g/mol. The Bertz CT molecular complexity index is 265. The predicted octanol–water partition coefficient (Wildman–Crippen LogP) is 1.41. The molecule has 1 aromatic carbocycles. The Balaban J connectivity index is 2.50. The van der Waals surface area contributed by atoms with Crippen LogP contribution < -0.4 is 5.73 Å². The van der Waals surface area contributed by atoms with Crippen molar-refractivity contribution in [2.24, 2.45) is 5.73 Å². The van der Waals surface area contributed by atoms with Gasteiger partial charge in [-0.05, 0) is 18.6 Å². The van der Waals surface area contributed by atoms with E-state index in [0.717, 1.165) is 0 Å². The first-order valence-corrected chi connectivity index (χ1v) is 5.29. The SMILES string of the molecule is Cc1ccccc1SCC(O)CN. The van der Waals surface area contributed by atoms with Crippen molar-refractivity contribution in [3.63, 3.8) is 0 Å². The van der Waals surface area contributed by atoms with Gasteiger partial charge in [0, 0.05) is 17.2 Å². The number of aliphatic hydroxyl groups excluding tert-OH is 1. The highest BCUT2D eigenvalue weighted by Crippen LogP contribution is 2.21. The van der Waals surface area contributed by atoms with Crippen LogP contribution in [0.4, 0.5) is 0 Å². The minimum absolute atomic E-state index is 0.332. The van der Waals surface area contributed by atoms with Gasteiger partial charge in [-0.1, -0.05) is 18.2 Å². The molecular weight excluding hydrogens is 182 g/mol. The fourth-order valence-corrected chi connectivity index (χ4v) is 1.95. The normalized spacial score (nSPS) is 12.8. The van der Waals surface area contributed by atoms with Gasteiger partial charge in [-0.25, -0.2) is 0 Å². The van der Waals surface area contributed by atoms with Crippen LogP contribution in [0.1, 0.15) is 5.56 Å². The van der Waals surface area contributed by atoms with Crippen LogP contribution in [0, 0.1) is 6.92 Å².